The van der Waals surface area contributed by atoms with Gasteiger partial charge < -0.3 is 24.8 Å². The molecule has 146 valence electrons. The van der Waals surface area contributed by atoms with Crippen LogP contribution in [-0.2, 0) is 0 Å². The number of urea groups is 1. The quantitative estimate of drug-likeness (QED) is 0.557. The van der Waals surface area contributed by atoms with Gasteiger partial charge in [-0.05, 0) is 36.4 Å². The van der Waals surface area contributed by atoms with Gasteiger partial charge in [-0.15, -0.1) is 0 Å². The SMILES string of the molecule is COc1ccc(OCCNC(=O)NCCOc2cccc3cccnc23)cc1. The van der Waals surface area contributed by atoms with E-state index in [1.165, 1.54) is 0 Å². The molecular formula is C21H23N3O4. The molecule has 2 N–H and O–H groups in total. The van der Waals surface area contributed by atoms with E-state index in [0.717, 1.165) is 22.4 Å². The summed E-state index contributed by atoms with van der Waals surface area (Å²) in [6.07, 6.45) is 1.73. The summed E-state index contributed by atoms with van der Waals surface area (Å²) < 4.78 is 16.4. The predicted octanol–water partition coefficient (Wildman–Crippen LogP) is 3.00. The molecule has 2 aromatic carbocycles. The van der Waals surface area contributed by atoms with E-state index in [4.69, 9.17) is 14.2 Å². The molecule has 0 atom stereocenters. The minimum atomic E-state index is -0.266. The van der Waals surface area contributed by atoms with E-state index in [1.807, 2.05) is 54.6 Å². The van der Waals surface area contributed by atoms with Crippen LogP contribution < -0.4 is 24.8 Å². The number of carbonyl (C=O) groups is 1. The lowest BCUT2D eigenvalue weighted by Gasteiger charge is -2.11. The molecule has 7 nitrogen and oxygen atoms in total. The predicted molar refractivity (Wildman–Crippen MR) is 107 cm³/mol. The largest absolute Gasteiger partial charge is 0.497 e. The number of hydrogen-bond donors (Lipinski definition) is 2. The van der Waals surface area contributed by atoms with Crippen LogP contribution in [0.3, 0.4) is 0 Å². The third-order valence-corrected chi connectivity index (χ3v) is 3.96. The highest BCUT2D eigenvalue weighted by Gasteiger charge is 2.04. The number of nitrogens with zero attached hydrogens (tertiary/aromatic N) is 1. The Morgan fingerprint density at radius 2 is 1.57 bits per heavy atom. The van der Waals surface area contributed by atoms with E-state index in [2.05, 4.69) is 15.6 Å². The van der Waals surface area contributed by atoms with Gasteiger partial charge in [0.1, 0.15) is 36.0 Å². The zero-order valence-electron chi connectivity index (χ0n) is 15.7. The molecule has 2 amide bonds. The number of aromatic nitrogens is 1. The molecule has 0 saturated heterocycles. The van der Waals surface area contributed by atoms with E-state index in [9.17, 15) is 4.79 Å². The van der Waals surface area contributed by atoms with Crippen molar-refractivity contribution in [2.24, 2.45) is 0 Å². The van der Waals surface area contributed by atoms with E-state index in [1.54, 1.807) is 13.3 Å². The van der Waals surface area contributed by atoms with Gasteiger partial charge >= 0.3 is 6.03 Å². The molecule has 0 aliphatic rings. The van der Waals surface area contributed by atoms with Crippen molar-refractivity contribution < 1.29 is 19.0 Å². The molecule has 0 spiro atoms. The van der Waals surface area contributed by atoms with Crippen molar-refractivity contribution in [3.8, 4) is 17.2 Å². The Bertz CT molecular complexity index is 894. The molecule has 1 heterocycles. The Hall–Kier alpha value is -3.48. The average Bonchev–Trinajstić information content (AvgIpc) is 2.75. The van der Waals surface area contributed by atoms with Gasteiger partial charge in [0.05, 0.1) is 20.2 Å². The first kappa shape index (κ1) is 19.3. The van der Waals surface area contributed by atoms with Crippen LogP contribution in [0.25, 0.3) is 10.9 Å². The standard InChI is InChI=1S/C21H23N3O4/c1-26-17-7-9-18(10-8-17)27-14-12-23-21(25)24-13-15-28-19-6-2-4-16-5-3-11-22-20(16)19/h2-11H,12-15H2,1H3,(H2,23,24,25). The number of benzene rings is 2. The van der Waals surface area contributed by atoms with E-state index in [-0.39, 0.29) is 6.03 Å². The number of carbonyl (C=O) groups excluding carboxylic acids is 1. The van der Waals surface area contributed by atoms with Crippen molar-refractivity contribution in [3.63, 3.8) is 0 Å². The smallest absolute Gasteiger partial charge is 0.315 e. The highest BCUT2D eigenvalue weighted by molar-refractivity contribution is 5.84. The summed E-state index contributed by atoms with van der Waals surface area (Å²) >= 11 is 0. The molecule has 0 saturated carbocycles. The van der Waals surface area contributed by atoms with Crippen LogP contribution in [0.5, 0.6) is 17.2 Å². The number of hydrogen-bond acceptors (Lipinski definition) is 5. The highest BCUT2D eigenvalue weighted by Crippen LogP contribution is 2.22. The fraction of sp³-hybridized carbons (Fsp3) is 0.238. The topological polar surface area (TPSA) is 81.7 Å². The first-order chi connectivity index (χ1) is 13.8. The maximum atomic E-state index is 11.8. The number of pyridine rings is 1. The summed E-state index contributed by atoms with van der Waals surface area (Å²) in [6, 6.07) is 16.6. The number of nitrogens with one attached hydrogen (secondary N) is 2. The van der Waals surface area contributed by atoms with Crippen LogP contribution in [0.4, 0.5) is 4.79 Å². The van der Waals surface area contributed by atoms with E-state index >= 15 is 0 Å². The van der Waals surface area contributed by atoms with Crippen molar-refractivity contribution in [3.05, 3.63) is 60.8 Å². The fourth-order valence-electron chi connectivity index (χ4n) is 2.59. The summed E-state index contributed by atoms with van der Waals surface area (Å²) in [6.45, 7) is 1.50. The van der Waals surface area contributed by atoms with E-state index < -0.39 is 0 Å². The van der Waals surface area contributed by atoms with Crippen LogP contribution in [0.15, 0.2) is 60.8 Å². The molecule has 0 radical (unpaired) electrons. The van der Waals surface area contributed by atoms with Crippen molar-refractivity contribution in [1.82, 2.24) is 15.6 Å². The minimum Gasteiger partial charge on any atom is -0.497 e. The van der Waals surface area contributed by atoms with Crippen LogP contribution in [0, 0.1) is 0 Å². The zero-order chi connectivity index (χ0) is 19.6. The lowest BCUT2D eigenvalue weighted by atomic mass is 10.2. The molecule has 7 heteroatoms. The first-order valence-electron chi connectivity index (χ1n) is 9.01. The monoisotopic (exact) mass is 381 g/mol. The van der Waals surface area contributed by atoms with Gasteiger partial charge in [0, 0.05) is 11.6 Å². The van der Waals surface area contributed by atoms with Gasteiger partial charge in [0.25, 0.3) is 0 Å². The number of para-hydroxylation sites is 1. The van der Waals surface area contributed by atoms with Gasteiger partial charge in [0.15, 0.2) is 0 Å². The van der Waals surface area contributed by atoms with Gasteiger partial charge in [0.2, 0.25) is 0 Å². The maximum absolute atomic E-state index is 11.8. The summed E-state index contributed by atoms with van der Waals surface area (Å²) in [5.41, 5.74) is 0.810. The molecule has 3 aromatic rings. The second-order valence-corrected chi connectivity index (χ2v) is 5.89. The number of rotatable bonds is 9. The van der Waals surface area contributed by atoms with Gasteiger partial charge in [-0.1, -0.05) is 18.2 Å². The summed E-state index contributed by atoms with van der Waals surface area (Å²) in [5, 5.41) is 6.50. The summed E-state index contributed by atoms with van der Waals surface area (Å²) in [4.78, 5) is 16.1. The Balaban J connectivity index is 1.31. The van der Waals surface area contributed by atoms with E-state index in [0.29, 0.717) is 32.1 Å². The Morgan fingerprint density at radius 1 is 0.893 bits per heavy atom. The van der Waals surface area contributed by atoms with Gasteiger partial charge in [-0.25, -0.2) is 4.79 Å². The molecule has 3 rings (SSSR count). The van der Waals surface area contributed by atoms with Crippen molar-refractivity contribution in [1.29, 1.82) is 0 Å². The Kier molecular flexibility index (Phi) is 6.89. The minimum absolute atomic E-state index is 0.266. The Morgan fingerprint density at radius 3 is 2.32 bits per heavy atom. The zero-order valence-corrected chi connectivity index (χ0v) is 15.7. The second kappa shape index (κ2) is 10.0. The van der Waals surface area contributed by atoms with Crippen molar-refractivity contribution in [2.45, 2.75) is 0 Å². The number of methoxy groups -OCH3 is 1. The molecule has 0 aliphatic heterocycles. The highest BCUT2D eigenvalue weighted by atomic mass is 16.5. The van der Waals surface area contributed by atoms with Gasteiger partial charge in [-0.2, -0.15) is 0 Å². The number of fused-ring (bicyclic) bond motifs is 1. The third kappa shape index (κ3) is 5.51. The molecule has 0 fully saturated rings. The summed E-state index contributed by atoms with van der Waals surface area (Å²) in [5.74, 6) is 2.19. The third-order valence-electron chi connectivity index (χ3n) is 3.96. The second-order valence-electron chi connectivity index (χ2n) is 5.89. The van der Waals surface area contributed by atoms with Crippen molar-refractivity contribution >= 4 is 16.9 Å². The van der Waals surface area contributed by atoms with Crippen molar-refractivity contribution in [2.75, 3.05) is 33.4 Å². The van der Waals surface area contributed by atoms with Gasteiger partial charge in [-0.3, -0.25) is 4.98 Å². The molecule has 0 bridgehead atoms. The van der Waals surface area contributed by atoms with Crippen LogP contribution >= 0.6 is 0 Å². The molecule has 0 aliphatic carbocycles. The summed E-state index contributed by atoms with van der Waals surface area (Å²) in [7, 11) is 1.61. The molecule has 1 aromatic heterocycles. The number of amides is 2. The lowest BCUT2D eigenvalue weighted by molar-refractivity contribution is 0.232. The van der Waals surface area contributed by atoms with Crippen LogP contribution in [-0.4, -0.2) is 44.4 Å². The molecular weight excluding hydrogens is 358 g/mol. The van der Waals surface area contributed by atoms with Crippen LogP contribution in [0.2, 0.25) is 0 Å². The average molecular weight is 381 g/mol. The first-order valence-corrected chi connectivity index (χ1v) is 9.01. The lowest BCUT2D eigenvalue weighted by Crippen LogP contribution is -2.39. The molecule has 0 unspecified atom stereocenters. The maximum Gasteiger partial charge on any atom is 0.315 e. The molecule has 28 heavy (non-hydrogen) atoms. The normalized spacial score (nSPS) is 10.3. The Labute approximate surface area is 163 Å². The van der Waals surface area contributed by atoms with Crippen LogP contribution in [0.1, 0.15) is 0 Å². The fourth-order valence-corrected chi connectivity index (χ4v) is 2.59. The number of ether oxygens (including phenoxy) is 3.